The molecule has 0 aliphatic rings. The van der Waals surface area contributed by atoms with Crippen LogP contribution in [0.25, 0.3) is 10.1 Å². The standard InChI is InChI=1S/C15H20N2OS2/c1-18-9-8-17(7-6-15(16)19)10-12-11-20-14-5-3-2-4-13(12)14/h2-5,11H,6-10H2,1H3,(H2,16,19). The van der Waals surface area contributed by atoms with Crippen LogP contribution < -0.4 is 5.73 Å². The molecule has 3 nitrogen and oxygen atoms in total. The topological polar surface area (TPSA) is 38.5 Å². The lowest BCUT2D eigenvalue weighted by Crippen LogP contribution is -2.30. The van der Waals surface area contributed by atoms with E-state index in [1.165, 1.54) is 15.6 Å². The summed E-state index contributed by atoms with van der Waals surface area (Å²) >= 11 is 6.77. The first kappa shape index (κ1) is 15.4. The van der Waals surface area contributed by atoms with Gasteiger partial charge in [-0.15, -0.1) is 11.3 Å². The molecule has 20 heavy (non-hydrogen) atoms. The van der Waals surface area contributed by atoms with Crippen LogP contribution in [0.4, 0.5) is 0 Å². The Morgan fingerprint density at radius 2 is 2.15 bits per heavy atom. The van der Waals surface area contributed by atoms with Crippen LogP contribution in [0.15, 0.2) is 29.6 Å². The average molecular weight is 308 g/mol. The van der Waals surface area contributed by atoms with E-state index in [9.17, 15) is 0 Å². The fraction of sp³-hybridized carbons (Fsp3) is 0.400. The zero-order chi connectivity index (χ0) is 14.4. The molecule has 0 unspecified atom stereocenters. The predicted octanol–water partition coefficient (Wildman–Crippen LogP) is 3.03. The fourth-order valence-electron chi connectivity index (χ4n) is 2.15. The number of hydrogen-bond acceptors (Lipinski definition) is 4. The largest absolute Gasteiger partial charge is 0.393 e. The molecule has 1 heterocycles. The zero-order valence-corrected chi connectivity index (χ0v) is 13.3. The highest BCUT2D eigenvalue weighted by Crippen LogP contribution is 2.26. The molecular weight excluding hydrogens is 288 g/mol. The minimum atomic E-state index is 0.572. The lowest BCUT2D eigenvalue weighted by molar-refractivity contribution is 0.146. The first-order valence-electron chi connectivity index (χ1n) is 6.65. The minimum Gasteiger partial charge on any atom is -0.393 e. The van der Waals surface area contributed by atoms with Crippen molar-refractivity contribution in [2.45, 2.75) is 13.0 Å². The molecule has 108 valence electrons. The molecule has 0 spiro atoms. The number of benzene rings is 1. The van der Waals surface area contributed by atoms with Crippen molar-refractivity contribution in [1.29, 1.82) is 0 Å². The predicted molar refractivity (Wildman–Crippen MR) is 90.4 cm³/mol. The van der Waals surface area contributed by atoms with Crippen molar-refractivity contribution >= 4 is 38.6 Å². The molecule has 0 aliphatic heterocycles. The number of thiocarbonyl (C=S) groups is 1. The van der Waals surface area contributed by atoms with E-state index in [4.69, 9.17) is 22.7 Å². The van der Waals surface area contributed by atoms with Crippen molar-refractivity contribution in [3.05, 3.63) is 35.2 Å². The van der Waals surface area contributed by atoms with E-state index in [0.717, 1.165) is 32.7 Å². The van der Waals surface area contributed by atoms with Crippen molar-refractivity contribution < 1.29 is 4.74 Å². The van der Waals surface area contributed by atoms with Crippen LogP contribution in [-0.2, 0) is 11.3 Å². The van der Waals surface area contributed by atoms with Crippen LogP contribution in [0, 0.1) is 0 Å². The monoisotopic (exact) mass is 308 g/mol. The second-order valence-electron chi connectivity index (χ2n) is 4.74. The van der Waals surface area contributed by atoms with Gasteiger partial charge in [-0.3, -0.25) is 4.90 Å². The summed E-state index contributed by atoms with van der Waals surface area (Å²) in [5, 5.41) is 3.58. The van der Waals surface area contributed by atoms with Gasteiger partial charge in [0.05, 0.1) is 11.6 Å². The lowest BCUT2D eigenvalue weighted by atomic mass is 10.1. The van der Waals surface area contributed by atoms with Crippen LogP contribution >= 0.6 is 23.6 Å². The molecule has 0 fully saturated rings. The number of nitrogens with zero attached hydrogens (tertiary/aromatic N) is 1. The lowest BCUT2D eigenvalue weighted by Gasteiger charge is -2.21. The van der Waals surface area contributed by atoms with Gasteiger partial charge in [-0.25, -0.2) is 0 Å². The quantitative estimate of drug-likeness (QED) is 0.761. The van der Waals surface area contributed by atoms with Crippen LogP contribution in [-0.4, -0.2) is 36.7 Å². The first-order valence-corrected chi connectivity index (χ1v) is 7.94. The Bertz CT molecular complexity index is 568. The van der Waals surface area contributed by atoms with E-state index >= 15 is 0 Å². The van der Waals surface area contributed by atoms with Crippen LogP contribution in [0.1, 0.15) is 12.0 Å². The second-order valence-corrected chi connectivity index (χ2v) is 6.18. The molecule has 0 amide bonds. The summed E-state index contributed by atoms with van der Waals surface area (Å²) in [4.78, 5) is 2.92. The summed E-state index contributed by atoms with van der Waals surface area (Å²) in [5.41, 5.74) is 6.97. The van der Waals surface area contributed by atoms with Gasteiger partial charge in [-0.05, 0) is 22.4 Å². The minimum absolute atomic E-state index is 0.572. The van der Waals surface area contributed by atoms with E-state index in [1.54, 1.807) is 18.4 Å². The number of hydrogen-bond donors (Lipinski definition) is 1. The van der Waals surface area contributed by atoms with E-state index in [2.05, 4.69) is 34.5 Å². The van der Waals surface area contributed by atoms with Crippen LogP contribution in [0.3, 0.4) is 0 Å². The number of ether oxygens (including phenoxy) is 1. The van der Waals surface area contributed by atoms with Crippen molar-refractivity contribution in [3.8, 4) is 0 Å². The highest BCUT2D eigenvalue weighted by molar-refractivity contribution is 7.80. The molecule has 0 saturated heterocycles. The van der Waals surface area contributed by atoms with E-state index in [0.29, 0.717) is 4.99 Å². The van der Waals surface area contributed by atoms with Gasteiger partial charge in [0.2, 0.25) is 0 Å². The highest BCUT2D eigenvalue weighted by Gasteiger charge is 2.10. The number of nitrogens with two attached hydrogens (primary N) is 1. The Morgan fingerprint density at radius 3 is 2.90 bits per heavy atom. The maximum Gasteiger partial charge on any atom is 0.0740 e. The van der Waals surface area contributed by atoms with Gasteiger partial charge < -0.3 is 10.5 Å². The third kappa shape index (κ3) is 4.24. The maximum atomic E-state index is 5.61. The van der Waals surface area contributed by atoms with Crippen LogP contribution in [0.5, 0.6) is 0 Å². The second kappa shape index (κ2) is 7.69. The summed E-state index contributed by atoms with van der Waals surface area (Å²) in [6, 6.07) is 8.52. The SMILES string of the molecule is COCCN(CCC(N)=S)Cc1csc2ccccc12. The molecule has 5 heteroatoms. The summed E-state index contributed by atoms with van der Waals surface area (Å²) < 4.78 is 6.52. The zero-order valence-electron chi connectivity index (χ0n) is 11.7. The average Bonchev–Trinajstić information content (AvgIpc) is 2.85. The summed E-state index contributed by atoms with van der Waals surface area (Å²) in [5.74, 6) is 0. The molecule has 1 aromatic heterocycles. The Balaban J connectivity index is 2.07. The van der Waals surface area contributed by atoms with E-state index in [1.807, 2.05) is 0 Å². The molecule has 2 N–H and O–H groups in total. The number of methoxy groups -OCH3 is 1. The Kier molecular flexibility index (Phi) is 5.91. The molecule has 0 atom stereocenters. The molecular formula is C15H20N2OS2. The smallest absolute Gasteiger partial charge is 0.0740 e. The van der Waals surface area contributed by atoms with Crippen molar-refractivity contribution in [2.24, 2.45) is 5.73 Å². The molecule has 0 bridgehead atoms. The van der Waals surface area contributed by atoms with Gasteiger partial charge in [-0.2, -0.15) is 0 Å². The molecule has 0 saturated carbocycles. The maximum absolute atomic E-state index is 5.61. The van der Waals surface area contributed by atoms with Crippen molar-refractivity contribution in [2.75, 3.05) is 26.8 Å². The third-order valence-electron chi connectivity index (χ3n) is 3.24. The Labute approximate surface area is 129 Å². The van der Waals surface area contributed by atoms with Gasteiger partial charge in [0.25, 0.3) is 0 Å². The van der Waals surface area contributed by atoms with Crippen molar-refractivity contribution in [3.63, 3.8) is 0 Å². The number of thiophene rings is 1. The summed E-state index contributed by atoms with van der Waals surface area (Å²) in [7, 11) is 1.73. The van der Waals surface area contributed by atoms with E-state index < -0.39 is 0 Å². The van der Waals surface area contributed by atoms with Crippen molar-refractivity contribution in [1.82, 2.24) is 4.90 Å². The summed E-state index contributed by atoms with van der Waals surface area (Å²) in [6.45, 7) is 3.40. The third-order valence-corrected chi connectivity index (χ3v) is 4.46. The van der Waals surface area contributed by atoms with Crippen LogP contribution in [0.2, 0.25) is 0 Å². The first-order chi connectivity index (χ1) is 9.70. The normalized spacial score (nSPS) is 11.3. The summed E-state index contributed by atoms with van der Waals surface area (Å²) in [6.07, 6.45) is 0.751. The molecule has 1 aromatic carbocycles. The molecule has 2 aromatic rings. The number of fused-ring (bicyclic) bond motifs is 1. The Hall–Kier alpha value is -1.01. The fourth-order valence-corrected chi connectivity index (χ4v) is 3.20. The van der Waals surface area contributed by atoms with Gasteiger partial charge in [-0.1, -0.05) is 30.4 Å². The van der Waals surface area contributed by atoms with Gasteiger partial charge >= 0.3 is 0 Å². The Morgan fingerprint density at radius 1 is 1.35 bits per heavy atom. The van der Waals surface area contributed by atoms with Gasteiger partial charge in [0.15, 0.2) is 0 Å². The number of rotatable bonds is 8. The van der Waals surface area contributed by atoms with E-state index in [-0.39, 0.29) is 0 Å². The molecule has 0 radical (unpaired) electrons. The molecule has 2 rings (SSSR count). The van der Waals surface area contributed by atoms with Gasteiger partial charge in [0, 0.05) is 37.9 Å². The van der Waals surface area contributed by atoms with Gasteiger partial charge in [0.1, 0.15) is 0 Å². The highest BCUT2D eigenvalue weighted by atomic mass is 32.1. The molecule has 0 aliphatic carbocycles.